The molecule has 2 N–H and O–H groups in total. The van der Waals surface area contributed by atoms with Gasteiger partial charge in [0.1, 0.15) is 11.5 Å². The van der Waals surface area contributed by atoms with E-state index in [-0.39, 0.29) is 11.9 Å². The standard InChI is InChI=1S/C13H20N4O/c1-3-14-12-6-4-5-11(16-12)13(18)15-10-7-8-17(2)9-10/h4-6,10H,3,7-9H2,1-2H3,(H,14,16)(H,15,18). The Morgan fingerprint density at radius 1 is 1.56 bits per heavy atom. The number of nitrogens with zero attached hydrogens (tertiary/aromatic N) is 2. The minimum Gasteiger partial charge on any atom is -0.370 e. The van der Waals surface area contributed by atoms with Gasteiger partial charge in [-0.15, -0.1) is 0 Å². The molecule has 5 nitrogen and oxygen atoms in total. The van der Waals surface area contributed by atoms with Crippen molar-refractivity contribution >= 4 is 11.7 Å². The molecule has 0 spiro atoms. The zero-order valence-electron chi connectivity index (χ0n) is 10.9. The summed E-state index contributed by atoms with van der Waals surface area (Å²) in [6, 6.07) is 5.70. The average Bonchev–Trinajstić information content (AvgIpc) is 2.75. The lowest BCUT2D eigenvalue weighted by Crippen LogP contribution is -2.36. The molecule has 0 bridgehead atoms. The predicted octanol–water partition coefficient (Wildman–Crippen LogP) is 0.947. The molecule has 5 heteroatoms. The number of anilines is 1. The van der Waals surface area contributed by atoms with Gasteiger partial charge in [0.2, 0.25) is 0 Å². The van der Waals surface area contributed by atoms with Crippen molar-refractivity contribution in [2.24, 2.45) is 0 Å². The van der Waals surface area contributed by atoms with Crippen molar-refractivity contribution in [2.75, 3.05) is 32.0 Å². The van der Waals surface area contributed by atoms with Gasteiger partial charge in [-0.25, -0.2) is 4.98 Å². The Morgan fingerprint density at radius 3 is 3.06 bits per heavy atom. The van der Waals surface area contributed by atoms with E-state index in [0.29, 0.717) is 5.69 Å². The fourth-order valence-corrected chi connectivity index (χ4v) is 2.15. The third kappa shape index (κ3) is 3.20. The van der Waals surface area contributed by atoms with Gasteiger partial charge in [-0.3, -0.25) is 4.79 Å². The maximum atomic E-state index is 12.0. The fraction of sp³-hybridized carbons (Fsp3) is 0.538. The number of likely N-dealkylation sites (tertiary alicyclic amines) is 1. The van der Waals surface area contributed by atoms with Crippen LogP contribution in [0.2, 0.25) is 0 Å². The molecule has 1 atom stereocenters. The number of rotatable bonds is 4. The van der Waals surface area contributed by atoms with Gasteiger partial charge in [-0.2, -0.15) is 0 Å². The van der Waals surface area contributed by atoms with Crippen molar-refractivity contribution in [1.82, 2.24) is 15.2 Å². The monoisotopic (exact) mass is 248 g/mol. The number of likely N-dealkylation sites (N-methyl/N-ethyl adjacent to an activating group) is 1. The zero-order valence-corrected chi connectivity index (χ0v) is 10.9. The summed E-state index contributed by atoms with van der Waals surface area (Å²) in [7, 11) is 2.07. The van der Waals surface area contributed by atoms with E-state index in [1.54, 1.807) is 6.07 Å². The predicted molar refractivity (Wildman–Crippen MR) is 71.8 cm³/mol. The molecule has 0 saturated carbocycles. The second kappa shape index (κ2) is 5.82. The first-order valence-corrected chi connectivity index (χ1v) is 6.39. The molecule has 2 rings (SSSR count). The molecule has 0 aliphatic carbocycles. The lowest BCUT2D eigenvalue weighted by molar-refractivity contribution is 0.0933. The van der Waals surface area contributed by atoms with Crippen LogP contribution in [-0.4, -0.2) is 48.5 Å². The second-order valence-corrected chi connectivity index (χ2v) is 4.66. The highest BCUT2D eigenvalue weighted by Crippen LogP contribution is 2.08. The number of carbonyl (C=O) groups excluding carboxylic acids is 1. The van der Waals surface area contributed by atoms with Crippen LogP contribution < -0.4 is 10.6 Å². The summed E-state index contributed by atoms with van der Waals surface area (Å²) in [6.07, 6.45) is 1.01. The van der Waals surface area contributed by atoms with E-state index in [1.165, 1.54) is 0 Å². The van der Waals surface area contributed by atoms with Gasteiger partial charge in [-0.1, -0.05) is 6.07 Å². The van der Waals surface area contributed by atoms with Crippen LogP contribution in [0.5, 0.6) is 0 Å². The number of pyridine rings is 1. The van der Waals surface area contributed by atoms with Crippen molar-refractivity contribution in [3.63, 3.8) is 0 Å². The van der Waals surface area contributed by atoms with Crippen molar-refractivity contribution in [3.8, 4) is 0 Å². The summed E-state index contributed by atoms with van der Waals surface area (Å²) < 4.78 is 0. The highest BCUT2D eigenvalue weighted by molar-refractivity contribution is 5.92. The van der Waals surface area contributed by atoms with Gasteiger partial charge in [0.25, 0.3) is 5.91 Å². The highest BCUT2D eigenvalue weighted by Gasteiger charge is 2.21. The molecule has 0 aromatic carbocycles. The fourth-order valence-electron chi connectivity index (χ4n) is 2.15. The Bertz CT molecular complexity index is 421. The number of carbonyl (C=O) groups is 1. The normalized spacial score (nSPS) is 19.8. The Balaban J connectivity index is 1.97. The van der Waals surface area contributed by atoms with E-state index in [9.17, 15) is 4.79 Å². The smallest absolute Gasteiger partial charge is 0.270 e. The van der Waals surface area contributed by atoms with Crippen molar-refractivity contribution in [3.05, 3.63) is 23.9 Å². The van der Waals surface area contributed by atoms with Crippen molar-refractivity contribution in [2.45, 2.75) is 19.4 Å². The summed E-state index contributed by atoms with van der Waals surface area (Å²) in [5.41, 5.74) is 0.475. The minimum atomic E-state index is -0.0879. The molecule has 0 radical (unpaired) electrons. The summed E-state index contributed by atoms with van der Waals surface area (Å²) in [6.45, 7) is 4.75. The first-order valence-electron chi connectivity index (χ1n) is 6.39. The maximum absolute atomic E-state index is 12.0. The maximum Gasteiger partial charge on any atom is 0.270 e. The number of nitrogens with one attached hydrogen (secondary N) is 2. The van der Waals surface area contributed by atoms with Gasteiger partial charge in [0, 0.05) is 19.1 Å². The molecule has 1 amide bonds. The summed E-state index contributed by atoms with van der Waals surface area (Å²) in [5.74, 6) is 0.656. The summed E-state index contributed by atoms with van der Waals surface area (Å²) in [4.78, 5) is 18.5. The van der Waals surface area contributed by atoms with E-state index in [0.717, 1.165) is 31.9 Å². The van der Waals surface area contributed by atoms with Crippen LogP contribution in [0.25, 0.3) is 0 Å². The number of hydrogen-bond donors (Lipinski definition) is 2. The number of aromatic nitrogens is 1. The largest absolute Gasteiger partial charge is 0.370 e. The van der Waals surface area contributed by atoms with E-state index in [4.69, 9.17) is 0 Å². The van der Waals surface area contributed by atoms with Gasteiger partial charge < -0.3 is 15.5 Å². The third-order valence-electron chi connectivity index (χ3n) is 3.07. The first kappa shape index (κ1) is 12.8. The molecule has 18 heavy (non-hydrogen) atoms. The van der Waals surface area contributed by atoms with Crippen LogP contribution in [-0.2, 0) is 0 Å². The van der Waals surface area contributed by atoms with E-state index >= 15 is 0 Å². The molecule has 1 aromatic rings. The molecular formula is C13H20N4O. The highest BCUT2D eigenvalue weighted by atomic mass is 16.1. The molecule has 1 aliphatic heterocycles. The molecular weight excluding hydrogens is 228 g/mol. The van der Waals surface area contributed by atoms with E-state index in [2.05, 4.69) is 27.6 Å². The summed E-state index contributed by atoms with van der Waals surface area (Å²) >= 11 is 0. The summed E-state index contributed by atoms with van der Waals surface area (Å²) in [5, 5.41) is 6.13. The van der Waals surface area contributed by atoms with Crippen LogP contribution in [0.3, 0.4) is 0 Å². The molecule has 1 fully saturated rings. The van der Waals surface area contributed by atoms with Crippen molar-refractivity contribution in [1.29, 1.82) is 0 Å². The van der Waals surface area contributed by atoms with Gasteiger partial charge >= 0.3 is 0 Å². The first-order chi connectivity index (χ1) is 8.69. The number of hydrogen-bond acceptors (Lipinski definition) is 4. The van der Waals surface area contributed by atoms with Crippen LogP contribution in [0.4, 0.5) is 5.82 Å². The Labute approximate surface area is 108 Å². The second-order valence-electron chi connectivity index (χ2n) is 4.66. The van der Waals surface area contributed by atoms with E-state index in [1.807, 2.05) is 19.1 Å². The molecule has 98 valence electrons. The Kier molecular flexibility index (Phi) is 4.15. The van der Waals surface area contributed by atoms with Crippen LogP contribution in [0.1, 0.15) is 23.8 Å². The minimum absolute atomic E-state index is 0.0879. The van der Waals surface area contributed by atoms with Gasteiger partial charge in [0.15, 0.2) is 0 Å². The Hall–Kier alpha value is -1.62. The average molecular weight is 248 g/mol. The Morgan fingerprint density at radius 2 is 2.39 bits per heavy atom. The SMILES string of the molecule is CCNc1cccc(C(=O)NC2CCN(C)C2)n1. The molecule has 1 unspecified atom stereocenters. The molecule has 2 heterocycles. The quantitative estimate of drug-likeness (QED) is 0.833. The third-order valence-corrected chi connectivity index (χ3v) is 3.07. The van der Waals surface area contributed by atoms with Crippen molar-refractivity contribution < 1.29 is 4.79 Å². The van der Waals surface area contributed by atoms with Gasteiger partial charge in [-0.05, 0) is 39.1 Å². The topological polar surface area (TPSA) is 57.3 Å². The lowest BCUT2D eigenvalue weighted by atomic mass is 10.2. The van der Waals surface area contributed by atoms with E-state index < -0.39 is 0 Å². The molecule has 1 aromatic heterocycles. The van der Waals surface area contributed by atoms with Crippen LogP contribution >= 0.6 is 0 Å². The molecule has 1 saturated heterocycles. The van der Waals surface area contributed by atoms with Gasteiger partial charge in [0.05, 0.1) is 0 Å². The van der Waals surface area contributed by atoms with Crippen LogP contribution in [0, 0.1) is 0 Å². The zero-order chi connectivity index (χ0) is 13.0. The number of amides is 1. The van der Waals surface area contributed by atoms with Crippen LogP contribution in [0.15, 0.2) is 18.2 Å². The lowest BCUT2D eigenvalue weighted by Gasteiger charge is -2.13. The molecule has 1 aliphatic rings.